The molecule has 164 valence electrons. The Bertz CT molecular complexity index is 996. The molecule has 2 N–H and O–H groups in total. The second-order valence-electron chi connectivity index (χ2n) is 8.56. The van der Waals surface area contributed by atoms with Crippen molar-refractivity contribution in [2.45, 2.75) is 32.6 Å². The number of nitrogens with zero attached hydrogens (tertiary/aromatic N) is 2. The fourth-order valence-corrected chi connectivity index (χ4v) is 4.49. The van der Waals surface area contributed by atoms with Crippen LogP contribution in [0, 0.1) is 5.41 Å². The van der Waals surface area contributed by atoms with E-state index in [4.69, 9.17) is 4.84 Å². The summed E-state index contributed by atoms with van der Waals surface area (Å²) in [4.78, 5) is 33.9. The van der Waals surface area contributed by atoms with Crippen molar-refractivity contribution in [2.75, 3.05) is 37.4 Å². The zero-order valence-electron chi connectivity index (χ0n) is 18.4. The molecule has 0 radical (unpaired) electrons. The monoisotopic (exact) mass is 422 g/mol. The summed E-state index contributed by atoms with van der Waals surface area (Å²) in [5.74, 6) is -0.405. The average molecular weight is 423 g/mol. The lowest BCUT2D eigenvalue weighted by molar-refractivity contribution is -0.170. The molecule has 7 heteroatoms. The number of hydrogen-bond donors (Lipinski definition) is 2. The van der Waals surface area contributed by atoms with Crippen molar-refractivity contribution in [2.24, 2.45) is 5.41 Å². The van der Waals surface area contributed by atoms with Crippen LogP contribution in [0.2, 0.25) is 0 Å². The third-order valence-electron chi connectivity index (χ3n) is 6.47. The summed E-state index contributed by atoms with van der Waals surface area (Å²) in [6.07, 6.45) is 9.48. The molecule has 2 aromatic rings. The Labute approximate surface area is 183 Å². The van der Waals surface area contributed by atoms with Gasteiger partial charge in [0.15, 0.2) is 6.29 Å². The molecule has 7 nitrogen and oxygen atoms in total. The summed E-state index contributed by atoms with van der Waals surface area (Å²) < 4.78 is 0. The van der Waals surface area contributed by atoms with Gasteiger partial charge in [-0.15, -0.1) is 0 Å². The summed E-state index contributed by atoms with van der Waals surface area (Å²) in [6, 6.07) is 8.18. The van der Waals surface area contributed by atoms with Gasteiger partial charge in [0.25, 0.3) is 0 Å². The van der Waals surface area contributed by atoms with Gasteiger partial charge >= 0.3 is 5.97 Å². The van der Waals surface area contributed by atoms with E-state index in [0.717, 1.165) is 47.5 Å². The zero-order valence-corrected chi connectivity index (χ0v) is 18.4. The van der Waals surface area contributed by atoms with Crippen LogP contribution in [-0.4, -0.2) is 49.5 Å². The number of rotatable bonds is 7. The maximum atomic E-state index is 11.7. The van der Waals surface area contributed by atoms with E-state index in [1.165, 1.54) is 37.7 Å². The van der Waals surface area contributed by atoms with Crippen molar-refractivity contribution in [3.63, 3.8) is 0 Å². The fourth-order valence-electron chi connectivity index (χ4n) is 4.49. The number of nitrogens with one attached hydrogen (secondary N) is 2. The van der Waals surface area contributed by atoms with Crippen molar-refractivity contribution >= 4 is 29.2 Å². The van der Waals surface area contributed by atoms with Crippen LogP contribution in [0.25, 0.3) is 5.57 Å². The molecule has 4 rings (SSSR count). The molecule has 1 aliphatic carbocycles. The number of anilines is 2. The number of aldehydes is 1. The number of aromatic nitrogens is 1. The van der Waals surface area contributed by atoms with E-state index >= 15 is 0 Å². The van der Waals surface area contributed by atoms with Crippen LogP contribution >= 0.6 is 0 Å². The van der Waals surface area contributed by atoms with E-state index in [-0.39, 0.29) is 0 Å². The lowest BCUT2D eigenvalue weighted by Gasteiger charge is -2.35. The summed E-state index contributed by atoms with van der Waals surface area (Å²) in [6.45, 7) is 3.41. The summed E-state index contributed by atoms with van der Waals surface area (Å²) in [5, 5.41) is 4.61. The molecule has 0 atom stereocenters. The molecule has 2 fully saturated rings. The molecule has 1 saturated carbocycles. The first-order valence-corrected chi connectivity index (χ1v) is 10.8. The number of aromatic amines is 1. The van der Waals surface area contributed by atoms with E-state index in [9.17, 15) is 9.59 Å². The number of hydroxylamine groups is 2. The second kappa shape index (κ2) is 8.49. The Hall–Kier alpha value is -3.22. The van der Waals surface area contributed by atoms with Gasteiger partial charge in [0.05, 0.1) is 5.69 Å². The van der Waals surface area contributed by atoms with Gasteiger partial charge < -0.3 is 20.0 Å². The zero-order chi connectivity index (χ0) is 22.0. The van der Waals surface area contributed by atoms with Crippen molar-refractivity contribution in [3.8, 4) is 0 Å². The smallest absolute Gasteiger partial charge is 0.329 e. The Balaban J connectivity index is 1.80. The maximum Gasteiger partial charge on any atom is 0.329 e. The fraction of sp³-hybridized carbons (Fsp3) is 0.417. The lowest BCUT2D eigenvalue weighted by Crippen LogP contribution is -2.35. The van der Waals surface area contributed by atoms with Gasteiger partial charge in [-0.05, 0) is 55.4 Å². The molecule has 1 aromatic carbocycles. The van der Waals surface area contributed by atoms with Gasteiger partial charge in [0, 0.05) is 74.6 Å². The van der Waals surface area contributed by atoms with Gasteiger partial charge in [-0.2, -0.15) is 0 Å². The van der Waals surface area contributed by atoms with E-state index < -0.39 is 5.97 Å². The highest BCUT2D eigenvalue weighted by molar-refractivity contribution is 5.93. The topological polar surface area (TPSA) is 77.7 Å². The first-order chi connectivity index (χ1) is 14.9. The Morgan fingerprint density at radius 2 is 1.94 bits per heavy atom. The number of benzene rings is 1. The predicted octanol–water partition coefficient (Wildman–Crippen LogP) is 4.05. The Morgan fingerprint density at radius 3 is 2.55 bits per heavy atom. The van der Waals surface area contributed by atoms with Gasteiger partial charge in [0.2, 0.25) is 0 Å². The van der Waals surface area contributed by atoms with Crippen molar-refractivity contribution in [1.82, 2.24) is 10.0 Å². The third kappa shape index (κ3) is 4.45. The Morgan fingerprint density at radius 1 is 1.19 bits per heavy atom. The average Bonchev–Trinajstić information content (AvgIpc) is 3.34. The largest absolute Gasteiger partial charge is 0.388 e. The van der Waals surface area contributed by atoms with Crippen LogP contribution in [0.4, 0.5) is 11.4 Å². The van der Waals surface area contributed by atoms with Crippen molar-refractivity contribution in [3.05, 3.63) is 53.5 Å². The number of carbonyl (C=O) groups is 2. The van der Waals surface area contributed by atoms with Crippen LogP contribution in [0.15, 0.2) is 36.7 Å². The van der Waals surface area contributed by atoms with E-state index in [0.29, 0.717) is 11.1 Å². The molecule has 0 unspecified atom stereocenters. The molecule has 0 amide bonds. The highest BCUT2D eigenvalue weighted by Crippen LogP contribution is 2.54. The molecule has 31 heavy (non-hydrogen) atoms. The standard InChI is InChI=1S/C24H30N4O3/c1-17(30)31-27(3)15-21(19-6-11-26-22(19)16-29)20-14-18(25-2)4-5-23(20)28-12-9-24(7-8-24)10-13-28/h4-6,11,14-16,25-26H,7-10,12-13H2,1-3H3/b21-15+. The van der Waals surface area contributed by atoms with E-state index in [1.807, 2.05) is 13.1 Å². The second-order valence-corrected chi connectivity index (χ2v) is 8.56. The summed E-state index contributed by atoms with van der Waals surface area (Å²) in [7, 11) is 3.56. The molecule has 1 aliphatic heterocycles. The summed E-state index contributed by atoms with van der Waals surface area (Å²) in [5.41, 5.74) is 5.72. The van der Waals surface area contributed by atoms with E-state index in [2.05, 4.69) is 33.4 Å². The third-order valence-corrected chi connectivity index (χ3v) is 6.47. The van der Waals surface area contributed by atoms with Crippen LogP contribution in [0.1, 0.15) is 54.2 Å². The normalized spacial score (nSPS) is 17.4. The molecule has 1 aromatic heterocycles. The first-order valence-electron chi connectivity index (χ1n) is 10.8. The molecule has 2 aliphatic rings. The van der Waals surface area contributed by atoms with Crippen molar-refractivity contribution in [1.29, 1.82) is 0 Å². The number of piperidine rings is 1. The molecule has 2 heterocycles. The van der Waals surface area contributed by atoms with Crippen LogP contribution < -0.4 is 10.2 Å². The molecular formula is C24H30N4O3. The molecular weight excluding hydrogens is 392 g/mol. The number of carbonyl (C=O) groups excluding carboxylic acids is 2. The van der Waals surface area contributed by atoms with Gasteiger partial charge in [-0.3, -0.25) is 9.59 Å². The lowest BCUT2D eigenvalue weighted by atomic mass is 9.91. The van der Waals surface area contributed by atoms with Crippen LogP contribution in [0.5, 0.6) is 0 Å². The molecule has 1 spiro atoms. The predicted molar refractivity (Wildman–Crippen MR) is 122 cm³/mol. The molecule has 0 bridgehead atoms. The van der Waals surface area contributed by atoms with Gasteiger partial charge in [-0.1, -0.05) is 0 Å². The van der Waals surface area contributed by atoms with Crippen molar-refractivity contribution < 1.29 is 14.4 Å². The maximum absolute atomic E-state index is 11.7. The number of hydrogen-bond acceptors (Lipinski definition) is 6. The SMILES string of the molecule is CNc1ccc(N2CCC3(CC2)CC3)c(/C(=C/N(C)OC(C)=O)c2cc[nH]c2C=O)c1. The first kappa shape index (κ1) is 21.0. The Kier molecular flexibility index (Phi) is 5.76. The van der Waals surface area contributed by atoms with Crippen LogP contribution in [0.3, 0.4) is 0 Å². The highest BCUT2D eigenvalue weighted by atomic mass is 16.7. The summed E-state index contributed by atoms with van der Waals surface area (Å²) >= 11 is 0. The highest BCUT2D eigenvalue weighted by Gasteiger charge is 2.44. The van der Waals surface area contributed by atoms with Gasteiger partial charge in [0.1, 0.15) is 0 Å². The number of H-pyrrole nitrogens is 1. The minimum atomic E-state index is -0.405. The van der Waals surface area contributed by atoms with Crippen LogP contribution in [-0.2, 0) is 9.63 Å². The quantitative estimate of drug-likeness (QED) is 0.518. The minimum absolute atomic E-state index is 0.405. The van der Waals surface area contributed by atoms with Gasteiger partial charge in [-0.25, -0.2) is 5.06 Å². The van der Waals surface area contributed by atoms with E-state index in [1.54, 1.807) is 19.4 Å². The molecule has 1 saturated heterocycles. The minimum Gasteiger partial charge on any atom is -0.388 e.